The number of halogens is 1. The van der Waals surface area contributed by atoms with Gasteiger partial charge in [-0.15, -0.1) is 22.7 Å². The van der Waals surface area contributed by atoms with Crippen molar-refractivity contribution in [3.05, 3.63) is 50.1 Å². The lowest BCUT2D eigenvalue weighted by Crippen LogP contribution is -2.38. The molecule has 4 rings (SSSR count). The molecule has 23 heavy (non-hydrogen) atoms. The minimum atomic E-state index is 0.106. The molecule has 3 aromatic rings. The maximum atomic E-state index is 12.9. The van der Waals surface area contributed by atoms with Crippen LogP contribution in [0, 0.1) is 0 Å². The van der Waals surface area contributed by atoms with Crippen molar-refractivity contribution in [2.24, 2.45) is 0 Å². The lowest BCUT2D eigenvalue weighted by Gasteiger charge is -2.34. The van der Waals surface area contributed by atoms with E-state index < -0.39 is 0 Å². The Kier molecular flexibility index (Phi) is 4.22. The van der Waals surface area contributed by atoms with Crippen molar-refractivity contribution in [3.63, 3.8) is 0 Å². The van der Waals surface area contributed by atoms with Gasteiger partial charge in [-0.25, -0.2) is 4.98 Å². The maximum Gasteiger partial charge on any atom is 0.264 e. The number of piperidine rings is 1. The second kappa shape index (κ2) is 6.34. The molecule has 6 heteroatoms. The number of benzene rings is 1. The number of fused-ring (bicyclic) bond motifs is 1. The maximum absolute atomic E-state index is 12.9. The zero-order chi connectivity index (χ0) is 15.8. The Morgan fingerprint density at radius 2 is 2.04 bits per heavy atom. The number of amides is 1. The molecule has 1 amide bonds. The van der Waals surface area contributed by atoms with Crippen LogP contribution >= 0.6 is 38.6 Å². The lowest BCUT2D eigenvalue weighted by atomic mass is 10.0. The molecule has 3 heterocycles. The van der Waals surface area contributed by atoms with Crippen LogP contribution in [-0.2, 0) is 0 Å². The van der Waals surface area contributed by atoms with Crippen LogP contribution in [0.25, 0.3) is 10.2 Å². The van der Waals surface area contributed by atoms with Gasteiger partial charge in [-0.2, -0.15) is 0 Å². The van der Waals surface area contributed by atoms with Gasteiger partial charge in [-0.3, -0.25) is 4.79 Å². The monoisotopic (exact) mass is 406 g/mol. The van der Waals surface area contributed by atoms with Crippen molar-refractivity contribution < 1.29 is 4.79 Å². The Bertz CT molecular complexity index is 824. The quantitative estimate of drug-likeness (QED) is 0.563. The van der Waals surface area contributed by atoms with Crippen molar-refractivity contribution in [3.8, 4) is 0 Å². The summed E-state index contributed by atoms with van der Waals surface area (Å²) in [4.78, 5) is 20.5. The smallest absolute Gasteiger partial charge is 0.264 e. The van der Waals surface area contributed by atoms with Gasteiger partial charge < -0.3 is 4.90 Å². The van der Waals surface area contributed by atoms with Gasteiger partial charge in [0.1, 0.15) is 5.01 Å². The molecule has 0 bridgehead atoms. The number of carbonyl (C=O) groups excluding carboxylic acids is 1. The van der Waals surface area contributed by atoms with Crippen LogP contribution in [-0.4, -0.2) is 22.3 Å². The molecule has 1 fully saturated rings. The van der Waals surface area contributed by atoms with Crippen molar-refractivity contribution in [1.29, 1.82) is 0 Å². The molecular formula is C17H15BrN2OS2. The van der Waals surface area contributed by atoms with E-state index in [0.717, 1.165) is 45.0 Å². The first-order chi connectivity index (χ1) is 11.2. The molecule has 1 aliphatic rings. The number of hydrogen-bond acceptors (Lipinski definition) is 4. The first-order valence-corrected chi connectivity index (χ1v) is 10.1. The van der Waals surface area contributed by atoms with Crippen LogP contribution in [0.1, 0.15) is 40.0 Å². The number of thiazole rings is 1. The molecule has 0 saturated carbocycles. The second-order valence-electron chi connectivity index (χ2n) is 5.63. The molecule has 0 radical (unpaired) electrons. The Morgan fingerprint density at radius 1 is 1.17 bits per heavy atom. The summed E-state index contributed by atoms with van der Waals surface area (Å²) in [6.07, 6.45) is 3.22. The number of thiophene rings is 1. The van der Waals surface area contributed by atoms with E-state index in [0.29, 0.717) is 0 Å². The third kappa shape index (κ3) is 2.95. The normalized spacial score (nSPS) is 18.5. The van der Waals surface area contributed by atoms with Crippen LogP contribution < -0.4 is 0 Å². The van der Waals surface area contributed by atoms with Crippen LogP contribution in [0.3, 0.4) is 0 Å². The first-order valence-electron chi connectivity index (χ1n) is 7.64. The molecule has 1 saturated heterocycles. The Morgan fingerprint density at radius 3 is 2.83 bits per heavy atom. The highest BCUT2D eigenvalue weighted by Crippen LogP contribution is 2.37. The van der Waals surface area contributed by atoms with Crippen LogP contribution in [0.15, 0.2) is 40.2 Å². The Labute approximate surface area is 151 Å². The third-order valence-corrected chi connectivity index (χ3v) is 6.89. The molecule has 0 aliphatic carbocycles. The topological polar surface area (TPSA) is 33.2 Å². The van der Waals surface area contributed by atoms with Gasteiger partial charge in [0.2, 0.25) is 0 Å². The number of carbonyl (C=O) groups is 1. The summed E-state index contributed by atoms with van der Waals surface area (Å²) in [5, 5.41) is 1.06. The number of likely N-dealkylation sites (tertiary alicyclic amines) is 1. The van der Waals surface area contributed by atoms with Gasteiger partial charge in [0.15, 0.2) is 0 Å². The van der Waals surface area contributed by atoms with E-state index in [-0.39, 0.29) is 11.9 Å². The van der Waals surface area contributed by atoms with Gasteiger partial charge in [0, 0.05) is 6.54 Å². The van der Waals surface area contributed by atoms with E-state index in [1.54, 1.807) is 11.3 Å². The van der Waals surface area contributed by atoms with E-state index in [2.05, 4.69) is 22.0 Å². The SMILES string of the molecule is O=C(c1ccc(Br)s1)N1CCCCC1c1nc2ccccc2s1. The molecule has 1 aromatic carbocycles. The molecule has 1 unspecified atom stereocenters. The predicted molar refractivity (Wildman–Crippen MR) is 99.3 cm³/mol. The Balaban J connectivity index is 1.68. The molecule has 1 aliphatic heterocycles. The first kappa shape index (κ1) is 15.3. The minimum Gasteiger partial charge on any atom is -0.328 e. The standard InChI is InChI=1S/C17H15BrN2OS2/c18-15-9-8-14(22-15)17(21)20-10-4-3-6-12(20)16-19-11-5-1-2-7-13(11)23-16/h1-2,5,7-9,12H,3-4,6,10H2. The van der Waals surface area contributed by atoms with Crippen LogP contribution in [0.2, 0.25) is 0 Å². The number of rotatable bonds is 2. The van der Waals surface area contributed by atoms with Gasteiger partial charge in [-0.05, 0) is 59.5 Å². The van der Waals surface area contributed by atoms with Gasteiger partial charge >= 0.3 is 0 Å². The van der Waals surface area contributed by atoms with Crippen molar-refractivity contribution in [2.45, 2.75) is 25.3 Å². The molecule has 118 valence electrons. The second-order valence-corrected chi connectivity index (χ2v) is 9.16. The molecule has 1 atom stereocenters. The Hall–Kier alpha value is -1.24. The number of para-hydroxylation sites is 1. The average Bonchev–Trinajstić information content (AvgIpc) is 3.20. The largest absolute Gasteiger partial charge is 0.328 e. The highest BCUT2D eigenvalue weighted by molar-refractivity contribution is 9.11. The van der Waals surface area contributed by atoms with E-state index in [9.17, 15) is 4.79 Å². The highest BCUT2D eigenvalue weighted by Gasteiger charge is 2.31. The van der Waals surface area contributed by atoms with E-state index in [4.69, 9.17) is 4.98 Å². The van der Waals surface area contributed by atoms with Crippen molar-refractivity contribution in [1.82, 2.24) is 9.88 Å². The van der Waals surface area contributed by atoms with Gasteiger partial charge in [0.25, 0.3) is 5.91 Å². The van der Waals surface area contributed by atoms with Crippen LogP contribution in [0.5, 0.6) is 0 Å². The summed E-state index contributed by atoms with van der Waals surface area (Å²) < 4.78 is 2.19. The average molecular weight is 407 g/mol. The summed E-state index contributed by atoms with van der Waals surface area (Å²) in [6, 6.07) is 12.1. The fourth-order valence-corrected chi connectivity index (χ4v) is 5.49. The number of aromatic nitrogens is 1. The fraction of sp³-hybridized carbons (Fsp3) is 0.294. The fourth-order valence-electron chi connectivity index (χ4n) is 3.03. The molecular weight excluding hydrogens is 392 g/mol. The minimum absolute atomic E-state index is 0.106. The lowest BCUT2D eigenvalue weighted by molar-refractivity contribution is 0.0616. The molecule has 2 aromatic heterocycles. The zero-order valence-electron chi connectivity index (χ0n) is 12.4. The molecule has 0 N–H and O–H groups in total. The molecule has 3 nitrogen and oxygen atoms in total. The summed E-state index contributed by atoms with van der Waals surface area (Å²) in [5.74, 6) is 0.129. The highest BCUT2D eigenvalue weighted by atomic mass is 79.9. The van der Waals surface area contributed by atoms with E-state index in [1.165, 1.54) is 16.0 Å². The van der Waals surface area contributed by atoms with Crippen LogP contribution in [0.4, 0.5) is 0 Å². The van der Waals surface area contributed by atoms with Crippen molar-refractivity contribution >= 4 is 54.7 Å². The molecule has 0 spiro atoms. The summed E-state index contributed by atoms with van der Waals surface area (Å²) in [6.45, 7) is 0.814. The van der Waals surface area contributed by atoms with Crippen molar-refractivity contribution in [2.75, 3.05) is 6.54 Å². The zero-order valence-corrected chi connectivity index (χ0v) is 15.6. The number of hydrogen-bond donors (Lipinski definition) is 0. The summed E-state index contributed by atoms with van der Waals surface area (Å²) >= 11 is 6.66. The third-order valence-electron chi connectivity index (χ3n) is 4.14. The van der Waals surface area contributed by atoms with E-state index >= 15 is 0 Å². The predicted octanol–water partition coefficient (Wildman–Crippen LogP) is 5.49. The summed E-state index contributed by atoms with van der Waals surface area (Å²) in [7, 11) is 0. The number of nitrogens with zero attached hydrogens (tertiary/aromatic N) is 2. The van der Waals surface area contributed by atoms with Gasteiger partial charge in [-0.1, -0.05) is 12.1 Å². The summed E-state index contributed by atoms with van der Waals surface area (Å²) in [5.41, 5.74) is 1.03. The van der Waals surface area contributed by atoms with E-state index in [1.807, 2.05) is 35.2 Å². The van der Waals surface area contributed by atoms with Gasteiger partial charge in [0.05, 0.1) is 24.9 Å².